The summed E-state index contributed by atoms with van der Waals surface area (Å²) in [5.41, 5.74) is 5.76. The number of allylic oxidation sites excluding steroid dienone is 4. The third kappa shape index (κ3) is 4.27. The van der Waals surface area contributed by atoms with Gasteiger partial charge < -0.3 is 10.6 Å². The van der Waals surface area contributed by atoms with Crippen LogP contribution < -0.4 is 10.6 Å². The van der Waals surface area contributed by atoms with E-state index in [1.165, 1.54) is 0 Å². The fraction of sp³-hybridized carbons (Fsp3) is 0.400. The number of hydrogen-bond acceptors (Lipinski definition) is 8. The van der Waals surface area contributed by atoms with E-state index in [4.69, 9.17) is 9.97 Å². The monoisotopic (exact) mass is 674 g/mol. The van der Waals surface area contributed by atoms with Crippen LogP contribution >= 0.6 is 22.7 Å². The Morgan fingerprint density at radius 1 is 0.729 bits per heavy atom. The average molecular weight is 675 g/mol. The fourth-order valence-electron chi connectivity index (χ4n) is 8.93. The topological polar surface area (TPSA) is 84.0 Å². The molecule has 0 radical (unpaired) electrons. The third-order valence-electron chi connectivity index (χ3n) is 11.7. The van der Waals surface area contributed by atoms with E-state index in [0.29, 0.717) is 6.42 Å². The van der Waals surface area contributed by atoms with Crippen LogP contribution in [-0.2, 0) is 26.8 Å². The van der Waals surface area contributed by atoms with E-state index < -0.39 is 21.7 Å². The van der Waals surface area contributed by atoms with E-state index in [-0.39, 0.29) is 11.6 Å². The van der Waals surface area contributed by atoms with Crippen LogP contribution in [-0.4, -0.2) is 21.5 Å². The zero-order chi connectivity index (χ0) is 33.5. The van der Waals surface area contributed by atoms with Crippen LogP contribution in [0.2, 0.25) is 0 Å². The highest BCUT2D eigenvalue weighted by Gasteiger charge is 2.55. The molecule has 0 spiro atoms. The Morgan fingerprint density at radius 3 is 1.92 bits per heavy atom. The van der Waals surface area contributed by atoms with E-state index in [0.717, 1.165) is 98.6 Å². The van der Waals surface area contributed by atoms with Gasteiger partial charge in [-0.1, -0.05) is 95.3 Å². The molecule has 48 heavy (non-hydrogen) atoms. The molecule has 0 saturated heterocycles. The van der Waals surface area contributed by atoms with Crippen molar-refractivity contribution < 1.29 is 9.59 Å². The Labute approximate surface area is 290 Å². The van der Waals surface area contributed by atoms with Gasteiger partial charge in [0.15, 0.2) is 11.6 Å². The second-order valence-electron chi connectivity index (χ2n) is 14.8. The maximum atomic E-state index is 15.1. The van der Waals surface area contributed by atoms with Crippen LogP contribution in [0.3, 0.4) is 0 Å². The first-order chi connectivity index (χ1) is 23.1. The number of rotatable bonds is 6. The number of aromatic nitrogens is 2. The number of thiazole rings is 2. The van der Waals surface area contributed by atoms with Crippen molar-refractivity contribution in [1.29, 1.82) is 0 Å². The quantitative estimate of drug-likeness (QED) is 0.212. The molecule has 0 bridgehead atoms. The van der Waals surface area contributed by atoms with Crippen LogP contribution in [0, 0.1) is 10.8 Å². The number of nitrogens with one attached hydrogen (secondary N) is 2. The summed E-state index contributed by atoms with van der Waals surface area (Å²) in [6.07, 6.45) is 5.18. The van der Waals surface area contributed by atoms with Gasteiger partial charge in [-0.3, -0.25) is 9.59 Å². The van der Waals surface area contributed by atoms with Gasteiger partial charge in [-0.25, -0.2) is 9.97 Å². The normalized spacial score (nSPS) is 27.4. The lowest BCUT2D eigenvalue weighted by atomic mass is 9.59. The summed E-state index contributed by atoms with van der Waals surface area (Å²) >= 11 is 3.31. The number of carbonyl (C=O) groups is 2. The molecule has 0 amide bonds. The summed E-state index contributed by atoms with van der Waals surface area (Å²) in [5.74, 6) is 2.15. The number of anilines is 2. The number of ketones is 2. The molecule has 2 aromatic heterocycles. The largest absolute Gasteiger partial charge is 0.342 e. The molecule has 246 valence electrons. The zero-order valence-corrected chi connectivity index (χ0v) is 30.0. The Morgan fingerprint density at radius 2 is 1.29 bits per heavy atom. The van der Waals surface area contributed by atoms with E-state index in [2.05, 4.69) is 93.8 Å². The minimum Gasteiger partial charge on any atom is -0.342 e. The maximum absolute atomic E-state index is 15.1. The van der Waals surface area contributed by atoms with Gasteiger partial charge in [0.05, 0.1) is 31.1 Å². The number of fused-ring (bicyclic) bond motifs is 2. The first-order valence-electron chi connectivity index (χ1n) is 17.2. The van der Waals surface area contributed by atoms with Crippen molar-refractivity contribution in [3.05, 3.63) is 115 Å². The predicted octanol–water partition coefficient (Wildman–Crippen LogP) is 9.35. The average Bonchev–Trinajstić information content (AvgIpc) is 3.74. The van der Waals surface area contributed by atoms with E-state index >= 15 is 4.79 Å². The van der Waals surface area contributed by atoms with Gasteiger partial charge in [-0.05, 0) is 49.7 Å². The molecule has 6 nitrogen and oxygen atoms in total. The highest BCUT2D eigenvalue weighted by molar-refractivity contribution is 7.12. The molecule has 0 saturated carbocycles. The van der Waals surface area contributed by atoms with Crippen molar-refractivity contribution in [1.82, 2.24) is 9.97 Å². The highest BCUT2D eigenvalue weighted by Crippen LogP contribution is 2.58. The molecule has 8 heteroatoms. The minimum absolute atomic E-state index is 0.196. The minimum atomic E-state index is -0.634. The van der Waals surface area contributed by atoms with Gasteiger partial charge in [0.1, 0.15) is 11.6 Å². The molecule has 2 aliphatic heterocycles. The van der Waals surface area contributed by atoms with Gasteiger partial charge in [0, 0.05) is 39.8 Å². The lowest BCUT2D eigenvalue weighted by Crippen LogP contribution is -2.46. The number of nitrogens with zero attached hydrogens (tertiary/aromatic N) is 2. The Hall–Kier alpha value is -3.88. The molecule has 4 aromatic rings. The molecule has 4 heterocycles. The summed E-state index contributed by atoms with van der Waals surface area (Å²) < 4.78 is 0. The number of Topliss-reactive ketones (excluding diaryl/α,β-unsaturated/α-hetero) is 2. The Kier molecular flexibility index (Phi) is 7.24. The van der Waals surface area contributed by atoms with Crippen LogP contribution in [0.15, 0.2) is 88.7 Å². The zero-order valence-electron chi connectivity index (χ0n) is 28.3. The van der Waals surface area contributed by atoms with Gasteiger partial charge in [-0.15, -0.1) is 22.7 Å². The number of hydrogen-bond donors (Lipinski definition) is 2. The molecule has 4 aliphatic rings. The molecule has 8 rings (SSSR count). The summed E-state index contributed by atoms with van der Waals surface area (Å²) in [7, 11) is 0. The smallest absolute Gasteiger partial charge is 0.168 e. The molecule has 2 aromatic carbocycles. The fourth-order valence-corrected chi connectivity index (χ4v) is 11.5. The summed E-state index contributed by atoms with van der Waals surface area (Å²) in [6, 6.07) is 21.0. The molecular weight excluding hydrogens is 633 g/mol. The highest BCUT2D eigenvalue weighted by atomic mass is 32.1. The Balaban J connectivity index is 1.22. The van der Waals surface area contributed by atoms with E-state index in [1.807, 2.05) is 17.6 Å². The molecule has 2 N–H and O–H groups in total. The molecule has 0 fully saturated rings. The van der Waals surface area contributed by atoms with Crippen molar-refractivity contribution in [3.63, 3.8) is 0 Å². The first kappa shape index (κ1) is 31.4. The second kappa shape index (κ2) is 11.1. The van der Waals surface area contributed by atoms with Crippen molar-refractivity contribution >= 4 is 45.9 Å². The Bertz CT molecular complexity index is 2020. The van der Waals surface area contributed by atoms with Gasteiger partial charge >= 0.3 is 0 Å². The van der Waals surface area contributed by atoms with Crippen molar-refractivity contribution in [2.24, 2.45) is 10.8 Å². The van der Waals surface area contributed by atoms with Crippen molar-refractivity contribution in [2.45, 2.75) is 90.4 Å². The van der Waals surface area contributed by atoms with Crippen LogP contribution in [0.25, 0.3) is 0 Å². The lowest BCUT2D eigenvalue weighted by molar-refractivity contribution is -0.126. The number of carbonyl (C=O) groups excluding carboxylic acids is 2. The molecule has 3 atom stereocenters. The van der Waals surface area contributed by atoms with Gasteiger partial charge in [0.2, 0.25) is 0 Å². The number of benzene rings is 2. The van der Waals surface area contributed by atoms with Gasteiger partial charge in [0.25, 0.3) is 0 Å². The lowest BCUT2D eigenvalue weighted by Gasteiger charge is -2.46. The van der Waals surface area contributed by atoms with E-state index in [1.54, 1.807) is 22.7 Å². The molecular formula is C40H42N4O2S2. The molecule has 2 aliphatic carbocycles. The van der Waals surface area contributed by atoms with Crippen LogP contribution in [0.1, 0.15) is 99.0 Å². The predicted molar refractivity (Wildman–Crippen MR) is 195 cm³/mol. The standard InChI is InChI=1S/C40H42N4O2S2/c1-6-39(24-14-10-8-11-15-24)30-27(42-35-33(39)47-23-41-35)19-21-38(5,32(30)46)22-28-44-36-34(48-28)40(7-2,25-16-12-9-13-17-25)29-26(43-36)18-20-37(3,4)31(29)45/h8-17,23,42-43H,6-7,18-22H2,1-5H3/t38?,39-,40+/m1/s1. The first-order valence-corrected chi connectivity index (χ1v) is 18.9. The summed E-state index contributed by atoms with van der Waals surface area (Å²) in [4.78, 5) is 41.6. The summed E-state index contributed by atoms with van der Waals surface area (Å²) in [6.45, 7) is 10.7. The SMILES string of the molecule is CC[C@@]1(c2ccccc2)C2=C(CCC(C)(Cc3nc4c(s3)[C@@](CC)(c3ccccc3)C3=C(CCC(C)(C)C3=O)N4)C2=O)Nc2ncsc21. The van der Waals surface area contributed by atoms with Crippen molar-refractivity contribution in [3.8, 4) is 0 Å². The third-order valence-corrected chi connectivity index (χ3v) is 13.9. The maximum Gasteiger partial charge on any atom is 0.168 e. The van der Waals surface area contributed by atoms with Crippen LogP contribution in [0.4, 0.5) is 11.6 Å². The van der Waals surface area contributed by atoms with E-state index in [9.17, 15) is 4.79 Å². The summed E-state index contributed by atoms with van der Waals surface area (Å²) in [5, 5.41) is 8.18. The second-order valence-corrected chi connectivity index (χ2v) is 16.7. The molecule has 1 unspecified atom stereocenters. The van der Waals surface area contributed by atoms with Crippen molar-refractivity contribution in [2.75, 3.05) is 10.6 Å². The van der Waals surface area contributed by atoms with Crippen LogP contribution in [0.5, 0.6) is 0 Å². The van der Waals surface area contributed by atoms with Gasteiger partial charge in [-0.2, -0.15) is 0 Å².